The van der Waals surface area contributed by atoms with Crippen LogP contribution in [0.1, 0.15) is 38.2 Å². The molecule has 0 spiro atoms. The first kappa shape index (κ1) is 13.8. The van der Waals surface area contributed by atoms with Gasteiger partial charge < -0.3 is 10.2 Å². The maximum atomic E-state index is 5.63. The molecule has 108 valence electrons. The molecule has 3 rings (SSSR count). The predicted molar refractivity (Wildman–Crippen MR) is 85.3 cm³/mol. The van der Waals surface area contributed by atoms with Gasteiger partial charge in [0.1, 0.15) is 0 Å². The van der Waals surface area contributed by atoms with Crippen LogP contribution in [0.25, 0.3) is 0 Å². The highest BCUT2D eigenvalue weighted by Gasteiger charge is 2.39. The number of pyridine rings is 1. The highest BCUT2D eigenvalue weighted by Crippen LogP contribution is 2.44. The molecule has 0 aromatic carbocycles. The molecule has 3 nitrogen and oxygen atoms in total. The van der Waals surface area contributed by atoms with Gasteiger partial charge in [-0.1, -0.05) is 6.42 Å². The normalized spacial score (nSPS) is 27.6. The lowest BCUT2D eigenvalue weighted by molar-refractivity contribution is 0.361. The number of hydrogen-bond acceptors (Lipinski definition) is 2. The number of rotatable bonds is 4. The van der Waals surface area contributed by atoms with E-state index in [9.17, 15) is 0 Å². The maximum absolute atomic E-state index is 5.63. The molecular weight excluding hydrogens is 266 g/mol. The summed E-state index contributed by atoms with van der Waals surface area (Å²) in [7, 11) is 0. The fraction of sp³-hybridized carbons (Fsp3) is 0.625. The maximum Gasteiger partial charge on any atom is 0.169 e. The second-order valence-corrected chi connectivity index (χ2v) is 6.49. The largest absolute Gasteiger partial charge is 0.360 e. The standard InChI is InChI=1S/C16H23N3S/c1-2-19(11-12-5-7-17-8-6-12)16(20)18-15-10-13-3-4-14(15)9-13/h5-8,13-15H,2-4,9-11H2,1H3,(H,18,20)/t13-,14-,15-/m1/s1. The summed E-state index contributed by atoms with van der Waals surface area (Å²) in [6, 6.07) is 4.73. The molecular formula is C16H23N3S. The summed E-state index contributed by atoms with van der Waals surface area (Å²) in [4.78, 5) is 6.31. The Kier molecular flexibility index (Phi) is 4.20. The van der Waals surface area contributed by atoms with Crippen LogP contribution >= 0.6 is 12.2 Å². The van der Waals surface area contributed by atoms with Gasteiger partial charge in [0.15, 0.2) is 5.11 Å². The van der Waals surface area contributed by atoms with E-state index in [-0.39, 0.29) is 0 Å². The van der Waals surface area contributed by atoms with E-state index < -0.39 is 0 Å². The molecule has 20 heavy (non-hydrogen) atoms. The third kappa shape index (κ3) is 2.95. The third-order valence-corrected chi connectivity index (χ3v) is 5.21. The number of nitrogens with zero attached hydrogens (tertiary/aromatic N) is 2. The van der Waals surface area contributed by atoms with E-state index in [4.69, 9.17) is 12.2 Å². The highest BCUT2D eigenvalue weighted by atomic mass is 32.1. The van der Waals surface area contributed by atoms with E-state index in [1.165, 1.54) is 31.2 Å². The van der Waals surface area contributed by atoms with Crippen molar-refractivity contribution in [2.24, 2.45) is 11.8 Å². The van der Waals surface area contributed by atoms with E-state index in [0.717, 1.165) is 30.0 Å². The Hall–Kier alpha value is -1.16. The van der Waals surface area contributed by atoms with Crippen LogP contribution in [0, 0.1) is 11.8 Å². The van der Waals surface area contributed by atoms with E-state index >= 15 is 0 Å². The molecule has 2 saturated carbocycles. The van der Waals surface area contributed by atoms with Crippen molar-refractivity contribution in [2.75, 3.05) is 6.54 Å². The van der Waals surface area contributed by atoms with Gasteiger partial charge in [0, 0.05) is 31.5 Å². The molecule has 4 heteroatoms. The van der Waals surface area contributed by atoms with Crippen LogP contribution in [0.4, 0.5) is 0 Å². The molecule has 1 N–H and O–H groups in total. The second kappa shape index (κ2) is 6.08. The average molecular weight is 289 g/mol. The van der Waals surface area contributed by atoms with Crippen LogP contribution in [0.3, 0.4) is 0 Å². The first-order valence-corrected chi connectivity index (χ1v) is 8.11. The molecule has 2 fully saturated rings. The second-order valence-electron chi connectivity index (χ2n) is 6.10. The van der Waals surface area contributed by atoms with Gasteiger partial charge in [-0.25, -0.2) is 0 Å². The van der Waals surface area contributed by atoms with E-state index in [2.05, 4.69) is 34.3 Å². The lowest BCUT2D eigenvalue weighted by Crippen LogP contribution is -2.46. The molecule has 0 saturated heterocycles. The number of aromatic nitrogens is 1. The topological polar surface area (TPSA) is 28.2 Å². The van der Waals surface area contributed by atoms with E-state index in [1.807, 2.05) is 12.4 Å². The molecule has 0 unspecified atom stereocenters. The monoisotopic (exact) mass is 289 g/mol. The number of nitrogens with one attached hydrogen (secondary N) is 1. The average Bonchev–Trinajstić information content (AvgIpc) is 3.08. The molecule has 1 heterocycles. The Morgan fingerprint density at radius 1 is 1.35 bits per heavy atom. The first-order chi connectivity index (χ1) is 9.76. The van der Waals surface area contributed by atoms with Gasteiger partial charge in [-0.05, 0) is 67.9 Å². The van der Waals surface area contributed by atoms with Crippen LogP contribution in [0.2, 0.25) is 0 Å². The van der Waals surface area contributed by atoms with Gasteiger partial charge in [0.2, 0.25) is 0 Å². The van der Waals surface area contributed by atoms with E-state index in [1.54, 1.807) is 0 Å². The van der Waals surface area contributed by atoms with Crippen molar-refractivity contribution in [1.29, 1.82) is 0 Å². The van der Waals surface area contributed by atoms with Gasteiger partial charge in [-0.3, -0.25) is 4.98 Å². The Morgan fingerprint density at radius 3 is 2.75 bits per heavy atom. The first-order valence-electron chi connectivity index (χ1n) is 7.70. The highest BCUT2D eigenvalue weighted by molar-refractivity contribution is 7.80. The van der Waals surface area contributed by atoms with Crippen molar-refractivity contribution in [2.45, 2.75) is 45.2 Å². The summed E-state index contributed by atoms with van der Waals surface area (Å²) >= 11 is 5.63. The predicted octanol–water partition coefficient (Wildman–Crippen LogP) is 2.97. The molecule has 0 radical (unpaired) electrons. The van der Waals surface area contributed by atoms with E-state index in [0.29, 0.717) is 6.04 Å². The molecule has 1 aromatic heterocycles. The third-order valence-electron chi connectivity index (χ3n) is 4.84. The summed E-state index contributed by atoms with van der Waals surface area (Å²) in [5.41, 5.74) is 1.26. The van der Waals surface area contributed by atoms with Crippen LogP contribution in [-0.4, -0.2) is 27.6 Å². The van der Waals surface area contributed by atoms with Gasteiger partial charge in [0.25, 0.3) is 0 Å². The van der Waals surface area contributed by atoms with Gasteiger partial charge in [0.05, 0.1) is 0 Å². The van der Waals surface area contributed by atoms with Crippen molar-refractivity contribution in [1.82, 2.24) is 15.2 Å². The minimum absolute atomic E-state index is 0.618. The van der Waals surface area contributed by atoms with Gasteiger partial charge in [-0.2, -0.15) is 0 Å². The molecule has 1 aromatic rings. The molecule has 2 aliphatic rings. The fourth-order valence-electron chi connectivity index (χ4n) is 3.71. The van der Waals surface area contributed by atoms with Crippen LogP contribution < -0.4 is 5.32 Å². The summed E-state index contributed by atoms with van der Waals surface area (Å²) in [5, 5.41) is 4.54. The van der Waals surface area contributed by atoms with Crippen molar-refractivity contribution < 1.29 is 0 Å². The van der Waals surface area contributed by atoms with Crippen molar-refractivity contribution >= 4 is 17.3 Å². The fourth-order valence-corrected chi connectivity index (χ4v) is 4.05. The zero-order chi connectivity index (χ0) is 13.9. The number of hydrogen-bond donors (Lipinski definition) is 1. The van der Waals surface area contributed by atoms with Gasteiger partial charge in [-0.15, -0.1) is 0 Å². The zero-order valence-corrected chi connectivity index (χ0v) is 12.9. The van der Waals surface area contributed by atoms with Crippen molar-refractivity contribution in [3.05, 3.63) is 30.1 Å². The van der Waals surface area contributed by atoms with Crippen molar-refractivity contribution in [3.8, 4) is 0 Å². The molecule has 2 aliphatic carbocycles. The number of fused-ring (bicyclic) bond motifs is 2. The minimum atomic E-state index is 0.618. The smallest absolute Gasteiger partial charge is 0.169 e. The zero-order valence-electron chi connectivity index (χ0n) is 12.1. The molecule has 2 bridgehead atoms. The Bertz CT molecular complexity index is 462. The van der Waals surface area contributed by atoms with Gasteiger partial charge >= 0.3 is 0 Å². The van der Waals surface area contributed by atoms with Crippen LogP contribution in [0.5, 0.6) is 0 Å². The minimum Gasteiger partial charge on any atom is -0.360 e. The number of thiocarbonyl (C=S) groups is 1. The van der Waals surface area contributed by atoms with Crippen LogP contribution in [0.15, 0.2) is 24.5 Å². The summed E-state index contributed by atoms with van der Waals surface area (Å²) in [6.45, 7) is 3.97. The summed E-state index contributed by atoms with van der Waals surface area (Å²) < 4.78 is 0. The SMILES string of the molecule is CCN(Cc1ccncc1)C(=S)N[C@@H]1C[C@@H]2CC[C@@H]1C2. The van der Waals surface area contributed by atoms with Crippen LogP contribution in [-0.2, 0) is 6.54 Å². The molecule has 3 atom stereocenters. The molecule has 0 aliphatic heterocycles. The van der Waals surface area contributed by atoms with Crippen molar-refractivity contribution in [3.63, 3.8) is 0 Å². The molecule has 0 amide bonds. The Balaban J connectivity index is 1.57. The lowest BCUT2D eigenvalue weighted by Gasteiger charge is -2.30. The lowest BCUT2D eigenvalue weighted by atomic mass is 9.95. The summed E-state index contributed by atoms with van der Waals surface area (Å²) in [6.07, 6.45) is 9.24. The quantitative estimate of drug-likeness (QED) is 0.863. The Labute approximate surface area is 126 Å². The Morgan fingerprint density at radius 2 is 2.15 bits per heavy atom. The summed E-state index contributed by atoms with van der Waals surface area (Å²) in [5.74, 6) is 1.81.